The summed E-state index contributed by atoms with van der Waals surface area (Å²) >= 11 is 0. The van der Waals surface area contributed by atoms with Crippen molar-refractivity contribution in [3.05, 3.63) is 0 Å². The molecular formula is C7H14NO2. The van der Waals surface area contributed by atoms with Crippen LogP contribution in [-0.4, -0.2) is 26.0 Å². The summed E-state index contributed by atoms with van der Waals surface area (Å²) in [4.78, 5) is 0. The lowest BCUT2D eigenvalue weighted by atomic mass is 10.2. The molecule has 1 atom stereocenters. The second kappa shape index (κ2) is 4.66. The second-order valence-electron chi connectivity index (χ2n) is 2.42. The fourth-order valence-corrected chi connectivity index (χ4v) is 1.03. The van der Waals surface area contributed by atoms with E-state index in [-0.39, 0.29) is 6.29 Å². The second-order valence-corrected chi connectivity index (χ2v) is 2.42. The molecule has 3 nitrogen and oxygen atoms in total. The Bertz CT molecular complexity index is 81.7. The molecule has 10 heavy (non-hydrogen) atoms. The zero-order chi connectivity index (χ0) is 7.23. The minimum absolute atomic E-state index is 0.0147. The highest BCUT2D eigenvalue weighted by atomic mass is 16.7. The van der Waals surface area contributed by atoms with Crippen LogP contribution in [0.1, 0.15) is 19.3 Å². The van der Waals surface area contributed by atoms with Gasteiger partial charge in [0.2, 0.25) is 0 Å². The molecule has 1 aliphatic rings. The summed E-state index contributed by atoms with van der Waals surface area (Å²) in [6, 6.07) is 0. The van der Waals surface area contributed by atoms with Crippen molar-refractivity contribution in [2.75, 3.05) is 19.8 Å². The van der Waals surface area contributed by atoms with Crippen LogP contribution < -0.4 is 5.73 Å². The molecule has 0 spiro atoms. The van der Waals surface area contributed by atoms with E-state index in [9.17, 15) is 0 Å². The summed E-state index contributed by atoms with van der Waals surface area (Å²) in [5.41, 5.74) is 6.84. The van der Waals surface area contributed by atoms with Crippen molar-refractivity contribution in [2.24, 2.45) is 0 Å². The van der Waals surface area contributed by atoms with Gasteiger partial charge in [-0.3, -0.25) is 5.73 Å². The highest BCUT2D eigenvalue weighted by Crippen LogP contribution is 2.12. The van der Waals surface area contributed by atoms with Crippen molar-refractivity contribution in [1.29, 1.82) is 0 Å². The lowest BCUT2D eigenvalue weighted by Crippen LogP contribution is -2.23. The molecule has 0 aromatic rings. The largest absolute Gasteiger partial charge is 0.353 e. The van der Waals surface area contributed by atoms with Crippen molar-refractivity contribution < 1.29 is 9.47 Å². The van der Waals surface area contributed by atoms with Gasteiger partial charge in [-0.05, 0) is 19.3 Å². The molecule has 3 heteroatoms. The van der Waals surface area contributed by atoms with E-state index in [0.29, 0.717) is 13.2 Å². The molecule has 1 heterocycles. The smallest absolute Gasteiger partial charge is 0.157 e. The van der Waals surface area contributed by atoms with E-state index < -0.39 is 0 Å². The van der Waals surface area contributed by atoms with Crippen molar-refractivity contribution in [2.45, 2.75) is 25.6 Å². The van der Waals surface area contributed by atoms with Crippen molar-refractivity contribution in [3.8, 4) is 0 Å². The van der Waals surface area contributed by atoms with E-state index >= 15 is 0 Å². The Morgan fingerprint density at radius 3 is 3.00 bits per heavy atom. The predicted octanol–water partition coefficient (Wildman–Crippen LogP) is 0.812. The molecule has 0 amide bonds. The normalized spacial score (nSPS) is 26.7. The summed E-state index contributed by atoms with van der Waals surface area (Å²) < 4.78 is 10.5. The molecule has 1 saturated heterocycles. The quantitative estimate of drug-likeness (QED) is 0.588. The fourth-order valence-electron chi connectivity index (χ4n) is 1.03. The Morgan fingerprint density at radius 2 is 2.40 bits per heavy atom. The molecule has 0 aromatic heterocycles. The van der Waals surface area contributed by atoms with Crippen LogP contribution in [0.3, 0.4) is 0 Å². The highest BCUT2D eigenvalue weighted by molar-refractivity contribution is 4.53. The Morgan fingerprint density at radius 1 is 1.50 bits per heavy atom. The van der Waals surface area contributed by atoms with Crippen LogP contribution in [-0.2, 0) is 9.47 Å². The maximum absolute atomic E-state index is 6.84. The van der Waals surface area contributed by atoms with Crippen molar-refractivity contribution >= 4 is 0 Å². The first-order chi connectivity index (χ1) is 4.93. The minimum atomic E-state index is -0.0147. The first-order valence-electron chi connectivity index (χ1n) is 3.81. The average Bonchev–Trinajstić information content (AvgIpc) is 2.03. The molecule has 1 fully saturated rings. The lowest BCUT2D eigenvalue weighted by Gasteiger charge is -2.22. The van der Waals surface area contributed by atoms with Gasteiger partial charge >= 0.3 is 0 Å². The number of rotatable bonds is 3. The Kier molecular flexibility index (Phi) is 3.72. The van der Waals surface area contributed by atoms with Crippen molar-refractivity contribution in [1.82, 2.24) is 5.73 Å². The lowest BCUT2D eigenvalue weighted by molar-refractivity contribution is -0.160. The average molecular weight is 144 g/mol. The molecule has 1 radical (unpaired) electrons. The summed E-state index contributed by atoms with van der Waals surface area (Å²) in [5.74, 6) is 0. The van der Waals surface area contributed by atoms with Gasteiger partial charge in [-0.2, -0.15) is 0 Å². The predicted molar refractivity (Wildman–Crippen MR) is 37.5 cm³/mol. The Labute approximate surface area is 61.5 Å². The topological polar surface area (TPSA) is 42.3 Å². The van der Waals surface area contributed by atoms with Gasteiger partial charge in [0.1, 0.15) is 0 Å². The Balaban J connectivity index is 2.02. The third kappa shape index (κ3) is 2.64. The van der Waals surface area contributed by atoms with Crippen LogP contribution in [0.25, 0.3) is 0 Å². The first kappa shape index (κ1) is 7.98. The number of nitrogens with one attached hydrogen (secondary N) is 1. The zero-order valence-corrected chi connectivity index (χ0v) is 6.14. The van der Waals surface area contributed by atoms with Gasteiger partial charge < -0.3 is 9.47 Å². The van der Waals surface area contributed by atoms with Gasteiger partial charge in [-0.15, -0.1) is 0 Å². The number of hydrogen-bond donors (Lipinski definition) is 0. The van der Waals surface area contributed by atoms with E-state index in [0.717, 1.165) is 19.4 Å². The van der Waals surface area contributed by atoms with Gasteiger partial charge in [-0.25, -0.2) is 0 Å². The van der Waals surface area contributed by atoms with E-state index in [1.54, 1.807) is 0 Å². The van der Waals surface area contributed by atoms with Gasteiger partial charge in [0, 0.05) is 13.2 Å². The van der Waals surface area contributed by atoms with E-state index in [1.165, 1.54) is 6.42 Å². The standard InChI is InChI=1S/C7H14NO2/c8-4-6-10-7-3-1-2-5-9-7/h7-8H,1-6H2. The first-order valence-corrected chi connectivity index (χ1v) is 3.81. The molecule has 0 saturated carbocycles. The molecule has 1 aliphatic heterocycles. The highest BCUT2D eigenvalue weighted by Gasteiger charge is 2.12. The summed E-state index contributed by atoms with van der Waals surface area (Å²) in [7, 11) is 0. The number of ether oxygens (including phenoxy) is 2. The summed E-state index contributed by atoms with van der Waals surface area (Å²) in [5, 5.41) is 0. The van der Waals surface area contributed by atoms with E-state index in [4.69, 9.17) is 15.2 Å². The summed E-state index contributed by atoms with van der Waals surface area (Å²) in [6.07, 6.45) is 3.34. The molecular weight excluding hydrogens is 130 g/mol. The van der Waals surface area contributed by atoms with E-state index in [2.05, 4.69) is 0 Å². The molecule has 1 rings (SSSR count). The van der Waals surface area contributed by atoms with Crippen LogP contribution in [0, 0.1) is 0 Å². The van der Waals surface area contributed by atoms with Gasteiger partial charge in [0.25, 0.3) is 0 Å². The third-order valence-electron chi connectivity index (χ3n) is 1.54. The van der Waals surface area contributed by atoms with Crippen LogP contribution in [0.5, 0.6) is 0 Å². The third-order valence-corrected chi connectivity index (χ3v) is 1.54. The molecule has 0 aliphatic carbocycles. The molecule has 59 valence electrons. The molecule has 0 bridgehead atoms. The monoisotopic (exact) mass is 144 g/mol. The van der Waals surface area contributed by atoms with Crippen LogP contribution >= 0.6 is 0 Å². The van der Waals surface area contributed by atoms with Gasteiger partial charge in [0.15, 0.2) is 6.29 Å². The maximum atomic E-state index is 6.84. The minimum Gasteiger partial charge on any atom is -0.353 e. The fraction of sp³-hybridized carbons (Fsp3) is 1.00. The Hall–Kier alpha value is -0.120. The van der Waals surface area contributed by atoms with Gasteiger partial charge in [0.05, 0.1) is 6.61 Å². The van der Waals surface area contributed by atoms with E-state index in [1.807, 2.05) is 0 Å². The zero-order valence-electron chi connectivity index (χ0n) is 6.14. The SMILES string of the molecule is [NH]CCOC1CCCCO1. The number of hydrogen-bond acceptors (Lipinski definition) is 2. The van der Waals surface area contributed by atoms with Crippen LogP contribution in [0.15, 0.2) is 0 Å². The van der Waals surface area contributed by atoms with Crippen molar-refractivity contribution in [3.63, 3.8) is 0 Å². The van der Waals surface area contributed by atoms with Crippen LogP contribution in [0.2, 0.25) is 0 Å². The molecule has 1 N–H and O–H groups in total. The van der Waals surface area contributed by atoms with Crippen LogP contribution in [0.4, 0.5) is 0 Å². The maximum Gasteiger partial charge on any atom is 0.157 e. The van der Waals surface area contributed by atoms with Gasteiger partial charge in [-0.1, -0.05) is 0 Å². The summed E-state index contributed by atoms with van der Waals surface area (Å²) in [6.45, 7) is 1.66. The molecule has 1 unspecified atom stereocenters. The molecule has 0 aromatic carbocycles.